The van der Waals surface area contributed by atoms with Gasteiger partial charge in [-0.15, -0.1) is 6.58 Å². The van der Waals surface area contributed by atoms with Crippen molar-refractivity contribution in [2.75, 3.05) is 65.9 Å². The molecule has 69 heavy (non-hydrogen) atoms. The Morgan fingerprint density at radius 3 is 2.39 bits per heavy atom. The summed E-state index contributed by atoms with van der Waals surface area (Å²) in [6.45, 7) is 6.29. The zero-order valence-electron chi connectivity index (χ0n) is 39.3. The smallest absolute Gasteiger partial charge is 0.412 e. The number of fused-ring (bicyclic) bond motifs is 2. The van der Waals surface area contributed by atoms with Crippen LogP contribution in [0.4, 0.5) is 15.3 Å². The predicted octanol–water partition coefficient (Wildman–Crippen LogP) is 7.20. The van der Waals surface area contributed by atoms with Gasteiger partial charge in [-0.05, 0) is 91.5 Å². The summed E-state index contributed by atoms with van der Waals surface area (Å²) in [5.74, 6) is -2.21. The van der Waals surface area contributed by atoms with Crippen molar-refractivity contribution in [1.29, 1.82) is 0 Å². The lowest BCUT2D eigenvalue weighted by Gasteiger charge is -2.59. The summed E-state index contributed by atoms with van der Waals surface area (Å²) in [7, 11) is 0. The minimum atomic E-state index is -1.64. The third-order valence-electron chi connectivity index (χ3n) is 12.6. The number of amides is 2. The maximum absolute atomic E-state index is 14.7. The average molecular weight is 959 g/mol. The second-order valence-electron chi connectivity index (χ2n) is 17.1. The number of hydrogen-bond donors (Lipinski definition) is 4. The van der Waals surface area contributed by atoms with Crippen LogP contribution in [0, 0.1) is 27.9 Å². The molecule has 374 valence electrons. The van der Waals surface area contributed by atoms with Crippen molar-refractivity contribution >= 4 is 23.6 Å². The van der Waals surface area contributed by atoms with Gasteiger partial charge in [0.15, 0.2) is 0 Å². The van der Waals surface area contributed by atoms with E-state index in [9.17, 15) is 35.0 Å². The topological polar surface area (TPSA) is 230 Å². The molecule has 0 saturated heterocycles. The summed E-state index contributed by atoms with van der Waals surface area (Å²) >= 11 is 0. The van der Waals surface area contributed by atoms with Crippen LogP contribution in [0.25, 0.3) is 0 Å². The Hall–Kier alpha value is -5.89. The van der Waals surface area contributed by atoms with Gasteiger partial charge in [0.25, 0.3) is 5.69 Å². The molecule has 18 nitrogen and oxygen atoms in total. The van der Waals surface area contributed by atoms with Crippen LogP contribution in [-0.2, 0) is 37.0 Å². The number of unbranched alkanes of at least 4 members (excludes halogenated alkanes) is 2. The molecule has 4 N–H and O–H groups in total. The predicted molar refractivity (Wildman–Crippen MR) is 255 cm³/mol. The van der Waals surface area contributed by atoms with Gasteiger partial charge in [0, 0.05) is 56.3 Å². The minimum Gasteiger partial charge on any atom is -0.459 e. The second-order valence-corrected chi connectivity index (χ2v) is 17.1. The third kappa shape index (κ3) is 13.7. The fourth-order valence-electron chi connectivity index (χ4n) is 9.64. The first-order chi connectivity index (χ1) is 33.7. The summed E-state index contributed by atoms with van der Waals surface area (Å²) in [6, 6.07) is 19.8. The summed E-state index contributed by atoms with van der Waals surface area (Å²) < 4.78 is 37.6. The van der Waals surface area contributed by atoms with E-state index in [4.69, 9.17) is 38.4 Å². The lowest BCUT2D eigenvalue weighted by atomic mass is 9.55. The van der Waals surface area contributed by atoms with Crippen LogP contribution in [0.15, 0.2) is 102 Å². The maximum atomic E-state index is 14.7. The average Bonchev–Trinajstić information content (AvgIpc) is 3.35. The number of carbonyl (C=O) groups excluding carboxylic acids is 2. The van der Waals surface area contributed by atoms with Gasteiger partial charge in [0.1, 0.15) is 30.8 Å². The molecule has 3 aromatic rings. The minimum absolute atomic E-state index is 0.00535. The maximum Gasteiger partial charge on any atom is 0.412 e. The summed E-state index contributed by atoms with van der Waals surface area (Å²) in [5, 5.41) is 48.4. The Kier molecular flexibility index (Phi) is 20.3. The number of carbonyl (C=O) groups is 2. The number of oxime groups is 1. The summed E-state index contributed by atoms with van der Waals surface area (Å²) in [5.41, 5.74) is 3.54. The lowest BCUT2D eigenvalue weighted by molar-refractivity contribution is -0.384. The first-order valence-corrected chi connectivity index (χ1v) is 23.8. The van der Waals surface area contributed by atoms with E-state index in [0.29, 0.717) is 68.0 Å². The van der Waals surface area contributed by atoms with Gasteiger partial charge in [-0.3, -0.25) is 15.0 Å². The van der Waals surface area contributed by atoms with E-state index in [0.717, 1.165) is 23.1 Å². The Morgan fingerprint density at radius 2 is 1.68 bits per heavy atom. The highest BCUT2D eigenvalue weighted by Crippen LogP contribution is 2.62. The van der Waals surface area contributed by atoms with E-state index in [1.54, 1.807) is 37.3 Å². The number of ether oxygens (including phenoxy) is 6. The van der Waals surface area contributed by atoms with Crippen molar-refractivity contribution < 1.29 is 63.1 Å². The number of nitro benzene ring substituents is 1. The van der Waals surface area contributed by atoms with Crippen molar-refractivity contribution in [1.82, 2.24) is 10.2 Å². The Morgan fingerprint density at radius 1 is 0.928 bits per heavy atom. The van der Waals surface area contributed by atoms with E-state index in [-0.39, 0.29) is 90.0 Å². The summed E-state index contributed by atoms with van der Waals surface area (Å²) in [6.07, 6.45) is 6.44. The van der Waals surface area contributed by atoms with E-state index in [1.807, 2.05) is 36.4 Å². The van der Waals surface area contributed by atoms with Crippen molar-refractivity contribution in [2.24, 2.45) is 22.9 Å². The largest absolute Gasteiger partial charge is 0.459 e. The molecular formula is C51H66N4O14. The molecule has 6 atom stereocenters. The van der Waals surface area contributed by atoms with E-state index in [1.165, 1.54) is 17.0 Å². The fraction of sp³-hybridized carbons (Fsp3) is 0.510. The van der Waals surface area contributed by atoms with Crippen molar-refractivity contribution in [2.45, 2.75) is 82.8 Å². The molecule has 1 fully saturated rings. The monoisotopic (exact) mass is 958 g/mol. The Bertz CT molecular complexity index is 2190. The number of nitro groups is 1. The van der Waals surface area contributed by atoms with Gasteiger partial charge in [0.2, 0.25) is 5.79 Å². The van der Waals surface area contributed by atoms with E-state index < -0.39 is 40.8 Å². The van der Waals surface area contributed by atoms with Crippen LogP contribution in [0.1, 0.15) is 74.5 Å². The number of hydrogen-bond acceptors (Lipinski definition) is 15. The van der Waals surface area contributed by atoms with Crippen LogP contribution < -0.4 is 14.8 Å². The van der Waals surface area contributed by atoms with Gasteiger partial charge >= 0.3 is 12.2 Å². The highest BCUT2D eigenvalue weighted by atomic mass is 16.7. The molecule has 2 aliphatic carbocycles. The molecular weight excluding hydrogens is 893 g/mol. The quantitative estimate of drug-likeness (QED) is 0.0244. The number of nitrogens with zero attached hydrogens (tertiary/aromatic N) is 3. The highest BCUT2D eigenvalue weighted by molar-refractivity contribution is 6.03. The molecule has 6 unspecified atom stereocenters. The highest BCUT2D eigenvalue weighted by Gasteiger charge is 2.65. The number of aliphatic hydroxyl groups is 3. The first kappa shape index (κ1) is 52.5. The number of nitrogens with one attached hydrogen (secondary N) is 1. The summed E-state index contributed by atoms with van der Waals surface area (Å²) in [4.78, 5) is 46.1. The normalized spacial score (nSPS) is 21.8. The standard InChI is InChI=1S/C51H66N4O14/c1-3-26-66-51-46(54(22-27-63-28-25-58)50(60)65-30-29-64-34-36-12-6-5-7-13-36)33-44(53-67-35-37-16-18-39(19-17-37)55(61)62)42-31-38(14-8-10-23-56)41(15-9-11-24-57)47(48(42)51)43-32-40(20-21-45(43)69-51)68-49(59)52-4-2/h3,5-7,12-13,16-21,31-32,38,41,46-48,56-58H,1,4,8-11,14-15,22-30,33-35H2,2H3,(H,52,59). The Balaban J connectivity index is 1.50. The van der Waals surface area contributed by atoms with Crippen molar-refractivity contribution in [3.05, 3.63) is 124 Å². The second kappa shape index (κ2) is 26.8. The van der Waals surface area contributed by atoms with Crippen LogP contribution >= 0.6 is 0 Å². The zero-order chi connectivity index (χ0) is 49.0. The molecule has 18 heteroatoms. The molecule has 6 rings (SSSR count). The molecule has 2 amide bonds. The van der Waals surface area contributed by atoms with Gasteiger partial charge in [-0.25, -0.2) is 9.59 Å². The van der Waals surface area contributed by atoms with Gasteiger partial charge < -0.3 is 53.9 Å². The number of benzene rings is 3. The molecule has 0 spiro atoms. The fourth-order valence-corrected chi connectivity index (χ4v) is 9.64. The zero-order valence-corrected chi connectivity index (χ0v) is 39.3. The Labute approximate surface area is 403 Å². The van der Waals surface area contributed by atoms with Gasteiger partial charge in [0.05, 0.1) is 56.2 Å². The molecule has 1 aliphatic heterocycles. The van der Waals surface area contributed by atoms with Gasteiger partial charge in [-0.2, -0.15) is 0 Å². The number of aliphatic hydroxyl groups excluding tert-OH is 3. The first-order valence-electron chi connectivity index (χ1n) is 23.8. The molecule has 3 aliphatic rings. The number of allylic oxidation sites excluding steroid dienone is 1. The number of rotatable bonds is 28. The molecule has 1 heterocycles. The van der Waals surface area contributed by atoms with Gasteiger partial charge in [-0.1, -0.05) is 60.5 Å². The van der Waals surface area contributed by atoms with Crippen LogP contribution in [0.2, 0.25) is 0 Å². The van der Waals surface area contributed by atoms with Crippen LogP contribution in [-0.4, -0.2) is 121 Å². The molecule has 1 saturated carbocycles. The molecule has 0 bridgehead atoms. The lowest BCUT2D eigenvalue weighted by Crippen LogP contribution is -2.70. The van der Waals surface area contributed by atoms with Crippen LogP contribution in [0.5, 0.6) is 11.5 Å². The molecule has 0 aromatic heterocycles. The van der Waals surface area contributed by atoms with E-state index >= 15 is 0 Å². The van der Waals surface area contributed by atoms with Crippen LogP contribution in [0.3, 0.4) is 0 Å². The number of non-ortho nitro benzene ring substituents is 1. The van der Waals surface area contributed by atoms with Crippen molar-refractivity contribution in [3.8, 4) is 11.5 Å². The van der Waals surface area contributed by atoms with E-state index in [2.05, 4.69) is 18.0 Å². The SMILES string of the molecule is C=CCOC12Oc3ccc(OC(=O)NCC)cc3C3C(CCCCO)C(CCCCO)C=C(C(=NOCc4ccc([N+](=O)[O-])cc4)CC1N(CCOCCO)C(=O)OCCOCc1ccccc1)C32. The molecule has 0 radical (unpaired) electrons. The molecule has 3 aromatic carbocycles. The van der Waals surface area contributed by atoms with Crippen molar-refractivity contribution in [3.63, 3.8) is 0 Å². The third-order valence-corrected chi connectivity index (χ3v) is 12.6.